The van der Waals surface area contributed by atoms with Gasteiger partial charge in [0.15, 0.2) is 0 Å². The Bertz CT molecular complexity index is 359. The lowest BCUT2D eigenvalue weighted by Gasteiger charge is -2.37. The van der Waals surface area contributed by atoms with Crippen LogP contribution in [-0.4, -0.2) is 18.4 Å². The number of carbonyl (C=O) groups is 1. The zero-order valence-corrected chi connectivity index (χ0v) is 10.2. The van der Waals surface area contributed by atoms with Crippen LogP contribution in [0.3, 0.4) is 0 Å². The number of nitrogens with zero attached hydrogens (tertiary/aromatic N) is 1. The first-order valence-corrected chi connectivity index (χ1v) is 5.43. The van der Waals surface area contributed by atoms with E-state index in [0.29, 0.717) is 5.56 Å². The maximum atomic E-state index is 10.6. The Labute approximate surface area is 97.6 Å². The van der Waals surface area contributed by atoms with E-state index in [1.807, 2.05) is 30.3 Å². The van der Waals surface area contributed by atoms with Crippen LogP contribution >= 0.6 is 0 Å². The summed E-state index contributed by atoms with van der Waals surface area (Å²) in [5.74, 6) is 0. The summed E-state index contributed by atoms with van der Waals surface area (Å²) in [6.45, 7) is 11.0. The molecule has 0 atom stereocenters. The quantitative estimate of drug-likeness (QED) is 0.569. The molecule has 0 N–H and O–H groups in total. The Kier molecular flexibility index (Phi) is 3.88. The standard InChI is InChI=1S/C14H19NO/c1-5-10-15(14(2,3)4)13-8-6-12(11-16)7-9-13/h5-9,11H,1,10H2,2-4H3. The van der Waals surface area contributed by atoms with E-state index in [2.05, 4.69) is 32.3 Å². The minimum Gasteiger partial charge on any atom is -0.363 e. The smallest absolute Gasteiger partial charge is 0.150 e. The van der Waals surface area contributed by atoms with Gasteiger partial charge < -0.3 is 4.90 Å². The lowest BCUT2D eigenvalue weighted by atomic mass is 10.0. The maximum absolute atomic E-state index is 10.6. The molecule has 0 spiro atoms. The second-order valence-corrected chi connectivity index (χ2v) is 4.78. The third-order valence-electron chi connectivity index (χ3n) is 2.46. The summed E-state index contributed by atoms with van der Waals surface area (Å²) in [5.41, 5.74) is 1.85. The van der Waals surface area contributed by atoms with Crippen LogP contribution in [0.4, 0.5) is 5.69 Å². The number of aldehydes is 1. The third kappa shape index (κ3) is 2.96. The van der Waals surface area contributed by atoms with Crippen LogP contribution in [0.15, 0.2) is 36.9 Å². The van der Waals surface area contributed by atoms with Gasteiger partial charge in [-0.25, -0.2) is 0 Å². The molecule has 0 aliphatic carbocycles. The zero-order chi connectivity index (χ0) is 12.2. The van der Waals surface area contributed by atoms with E-state index in [-0.39, 0.29) is 5.54 Å². The summed E-state index contributed by atoms with van der Waals surface area (Å²) < 4.78 is 0. The van der Waals surface area contributed by atoms with E-state index >= 15 is 0 Å². The van der Waals surface area contributed by atoms with Gasteiger partial charge in [0.05, 0.1) is 0 Å². The van der Waals surface area contributed by atoms with Crippen molar-refractivity contribution >= 4 is 12.0 Å². The first-order chi connectivity index (χ1) is 7.49. The molecule has 16 heavy (non-hydrogen) atoms. The molecule has 1 aromatic rings. The molecule has 0 unspecified atom stereocenters. The summed E-state index contributed by atoms with van der Waals surface area (Å²) in [6.07, 6.45) is 2.75. The van der Waals surface area contributed by atoms with Gasteiger partial charge in [-0.15, -0.1) is 6.58 Å². The number of rotatable bonds is 4. The van der Waals surface area contributed by atoms with E-state index in [1.54, 1.807) is 0 Å². The number of benzene rings is 1. The summed E-state index contributed by atoms with van der Waals surface area (Å²) in [4.78, 5) is 12.8. The van der Waals surface area contributed by atoms with E-state index in [4.69, 9.17) is 0 Å². The lowest BCUT2D eigenvalue weighted by molar-refractivity contribution is 0.112. The maximum Gasteiger partial charge on any atom is 0.150 e. The molecule has 0 radical (unpaired) electrons. The van der Waals surface area contributed by atoms with Crippen molar-refractivity contribution in [2.24, 2.45) is 0 Å². The van der Waals surface area contributed by atoms with Crippen molar-refractivity contribution in [3.8, 4) is 0 Å². The van der Waals surface area contributed by atoms with Crippen LogP contribution < -0.4 is 4.90 Å². The molecule has 2 nitrogen and oxygen atoms in total. The highest BCUT2D eigenvalue weighted by molar-refractivity contribution is 5.75. The van der Waals surface area contributed by atoms with Gasteiger partial charge in [-0.05, 0) is 45.0 Å². The SMILES string of the molecule is C=CCN(c1ccc(C=O)cc1)C(C)(C)C. The predicted octanol–water partition coefficient (Wildman–Crippen LogP) is 3.29. The molecule has 0 aliphatic heterocycles. The Hall–Kier alpha value is -1.57. The van der Waals surface area contributed by atoms with E-state index in [0.717, 1.165) is 18.5 Å². The molecule has 0 bridgehead atoms. The molecule has 2 heteroatoms. The van der Waals surface area contributed by atoms with Crippen LogP contribution in [0.1, 0.15) is 31.1 Å². The van der Waals surface area contributed by atoms with Crippen molar-refractivity contribution in [1.82, 2.24) is 0 Å². The van der Waals surface area contributed by atoms with Gasteiger partial charge in [0.25, 0.3) is 0 Å². The molecule has 0 aliphatic rings. The fourth-order valence-corrected chi connectivity index (χ4v) is 1.63. The van der Waals surface area contributed by atoms with Crippen LogP contribution in [0.2, 0.25) is 0 Å². The average molecular weight is 217 g/mol. The van der Waals surface area contributed by atoms with Crippen LogP contribution in [0.5, 0.6) is 0 Å². The normalized spacial score (nSPS) is 10.9. The van der Waals surface area contributed by atoms with Crippen LogP contribution in [-0.2, 0) is 0 Å². The molecular formula is C14H19NO. The molecule has 1 rings (SSSR count). The van der Waals surface area contributed by atoms with Gasteiger partial charge in [-0.2, -0.15) is 0 Å². The van der Waals surface area contributed by atoms with Crippen molar-refractivity contribution in [2.45, 2.75) is 26.3 Å². The highest BCUT2D eigenvalue weighted by Crippen LogP contribution is 2.23. The van der Waals surface area contributed by atoms with Gasteiger partial charge in [0.2, 0.25) is 0 Å². The van der Waals surface area contributed by atoms with Gasteiger partial charge in [0.1, 0.15) is 6.29 Å². The fraction of sp³-hybridized carbons (Fsp3) is 0.357. The Balaban J connectivity index is 3.01. The Morgan fingerprint density at radius 1 is 1.25 bits per heavy atom. The van der Waals surface area contributed by atoms with Gasteiger partial charge in [0, 0.05) is 23.3 Å². The minimum absolute atomic E-state index is 0.0386. The molecule has 0 saturated carbocycles. The van der Waals surface area contributed by atoms with E-state index in [1.165, 1.54) is 0 Å². The molecule has 86 valence electrons. The second-order valence-electron chi connectivity index (χ2n) is 4.78. The van der Waals surface area contributed by atoms with Gasteiger partial charge >= 0.3 is 0 Å². The van der Waals surface area contributed by atoms with Crippen molar-refractivity contribution in [1.29, 1.82) is 0 Å². The highest BCUT2D eigenvalue weighted by Gasteiger charge is 2.20. The first kappa shape index (κ1) is 12.5. The first-order valence-electron chi connectivity index (χ1n) is 5.43. The summed E-state index contributed by atoms with van der Waals surface area (Å²) >= 11 is 0. The van der Waals surface area contributed by atoms with Gasteiger partial charge in [-0.3, -0.25) is 4.79 Å². The number of anilines is 1. The highest BCUT2D eigenvalue weighted by atomic mass is 16.1. The van der Waals surface area contributed by atoms with Crippen molar-refractivity contribution in [3.63, 3.8) is 0 Å². The molecule has 0 fully saturated rings. The summed E-state index contributed by atoms with van der Waals surface area (Å²) in [7, 11) is 0. The molecular weight excluding hydrogens is 198 g/mol. The Morgan fingerprint density at radius 3 is 2.19 bits per heavy atom. The molecule has 0 amide bonds. The Morgan fingerprint density at radius 2 is 1.81 bits per heavy atom. The van der Waals surface area contributed by atoms with Crippen LogP contribution in [0.25, 0.3) is 0 Å². The predicted molar refractivity (Wildman–Crippen MR) is 69.1 cm³/mol. The van der Waals surface area contributed by atoms with Crippen LogP contribution in [0, 0.1) is 0 Å². The molecule has 0 aromatic heterocycles. The zero-order valence-electron chi connectivity index (χ0n) is 10.2. The summed E-state index contributed by atoms with van der Waals surface area (Å²) in [5, 5.41) is 0. The van der Waals surface area contributed by atoms with E-state index < -0.39 is 0 Å². The van der Waals surface area contributed by atoms with Crippen molar-refractivity contribution in [2.75, 3.05) is 11.4 Å². The largest absolute Gasteiger partial charge is 0.363 e. The van der Waals surface area contributed by atoms with Crippen molar-refractivity contribution < 1.29 is 4.79 Å². The molecule has 0 heterocycles. The average Bonchev–Trinajstić information content (AvgIpc) is 2.25. The fourth-order valence-electron chi connectivity index (χ4n) is 1.63. The topological polar surface area (TPSA) is 20.3 Å². The second kappa shape index (κ2) is 4.97. The lowest BCUT2D eigenvalue weighted by Crippen LogP contribution is -2.41. The molecule has 0 saturated heterocycles. The number of hydrogen-bond acceptors (Lipinski definition) is 2. The van der Waals surface area contributed by atoms with E-state index in [9.17, 15) is 4.79 Å². The third-order valence-corrected chi connectivity index (χ3v) is 2.46. The number of hydrogen-bond donors (Lipinski definition) is 0. The number of carbonyl (C=O) groups excluding carboxylic acids is 1. The molecule has 1 aromatic carbocycles. The summed E-state index contributed by atoms with van der Waals surface area (Å²) in [6, 6.07) is 7.62. The minimum atomic E-state index is 0.0386. The van der Waals surface area contributed by atoms with Gasteiger partial charge in [-0.1, -0.05) is 6.08 Å². The monoisotopic (exact) mass is 217 g/mol. The van der Waals surface area contributed by atoms with Crippen molar-refractivity contribution in [3.05, 3.63) is 42.5 Å².